The van der Waals surface area contributed by atoms with Crippen LogP contribution in [-0.4, -0.2) is 11.1 Å². The lowest BCUT2D eigenvalue weighted by molar-refractivity contribution is 0.427. The van der Waals surface area contributed by atoms with Gasteiger partial charge in [-0.25, -0.2) is 0 Å². The molecule has 2 aliphatic rings. The molecule has 1 aromatic carbocycles. The van der Waals surface area contributed by atoms with Crippen LogP contribution >= 0.6 is 15.9 Å². The van der Waals surface area contributed by atoms with Crippen LogP contribution in [0.5, 0.6) is 0 Å². The van der Waals surface area contributed by atoms with Crippen LogP contribution in [0.15, 0.2) is 59.4 Å². The van der Waals surface area contributed by atoms with Crippen LogP contribution in [0.2, 0.25) is 0 Å². The smallest absolute Gasteiger partial charge is 0.122 e. The summed E-state index contributed by atoms with van der Waals surface area (Å²) < 4.78 is 1.10. The molecule has 16 heavy (non-hydrogen) atoms. The van der Waals surface area contributed by atoms with Gasteiger partial charge in [0.1, 0.15) is 6.17 Å². The molecule has 1 unspecified atom stereocenters. The Hall–Kier alpha value is -1.48. The van der Waals surface area contributed by atoms with E-state index in [1.54, 1.807) is 0 Å². The van der Waals surface area contributed by atoms with Gasteiger partial charge in [-0.3, -0.25) is 0 Å². The van der Waals surface area contributed by atoms with E-state index in [4.69, 9.17) is 0 Å². The summed E-state index contributed by atoms with van der Waals surface area (Å²) in [5.74, 6) is 0. The number of rotatable bonds is 1. The van der Waals surface area contributed by atoms with Gasteiger partial charge in [0.05, 0.1) is 5.70 Å². The van der Waals surface area contributed by atoms with Crippen molar-refractivity contribution in [2.45, 2.75) is 6.17 Å². The monoisotopic (exact) mass is 274 g/mol. The van der Waals surface area contributed by atoms with Gasteiger partial charge in [-0.15, -0.1) is 0 Å². The number of nitrogens with zero attached hydrogens (tertiary/aromatic N) is 1. The summed E-state index contributed by atoms with van der Waals surface area (Å²) in [4.78, 5) is 2.16. The van der Waals surface area contributed by atoms with E-state index in [0.29, 0.717) is 0 Å². The summed E-state index contributed by atoms with van der Waals surface area (Å²) in [6, 6.07) is 8.32. The number of halogens is 1. The Labute approximate surface area is 103 Å². The average molecular weight is 275 g/mol. The van der Waals surface area contributed by atoms with E-state index in [9.17, 15) is 0 Å². The van der Waals surface area contributed by atoms with E-state index in [2.05, 4.69) is 75.0 Å². The SMILES string of the molecule is Brc1ccc(C2=CN3C=CC=CC3N2)cc1. The molecule has 80 valence electrons. The van der Waals surface area contributed by atoms with Gasteiger partial charge in [-0.05, 0) is 29.8 Å². The Bertz CT molecular complexity index is 485. The molecular formula is C13H11BrN2. The van der Waals surface area contributed by atoms with Crippen molar-refractivity contribution in [1.82, 2.24) is 10.2 Å². The number of hydrogen-bond donors (Lipinski definition) is 1. The van der Waals surface area contributed by atoms with Crippen LogP contribution in [0.1, 0.15) is 5.56 Å². The summed E-state index contributed by atoms with van der Waals surface area (Å²) in [5, 5.41) is 3.46. The lowest BCUT2D eigenvalue weighted by atomic mass is 10.2. The minimum Gasteiger partial charge on any atom is -0.360 e. The minimum atomic E-state index is 0.267. The van der Waals surface area contributed by atoms with Crippen LogP contribution in [0.25, 0.3) is 5.70 Å². The van der Waals surface area contributed by atoms with Gasteiger partial charge < -0.3 is 10.2 Å². The number of hydrogen-bond acceptors (Lipinski definition) is 2. The molecule has 0 saturated heterocycles. The van der Waals surface area contributed by atoms with Gasteiger partial charge in [-0.1, -0.05) is 34.1 Å². The molecule has 0 fully saturated rings. The molecule has 3 rings (SSSR count). The molecule has 2 nitrogen and oxygen atoms in total. The van der Waals surface area contributed by atoms with E-state index in [1.807, 2.05) is 6.08 Å². The first-order chi connectivity index (χ1) is 7.83. The van der Waals surface area contributed by atoms with Crippen molar-refractivity contribution in [3.05, 3.63) is 64.9 Å². The average Bonchev–Trinajstić information content (AvgIpc) is 2.73. The highest BCUT2D eigenvalue weighted by atomic mass is 79.9. The van der Waals surface area contributed by atoms with E-state index in [1.165, 1.54) is 5.56 Å². The standard InChI is InChI=1S/C13H11BrN2/c14-11-6-4-10(5-7-11)12-9-16-8-2-1-3-13(16)15-12/h1-9,13,15H. The first-order valence-electron chi connectivity index (χ1n) is 5.20. The van der Waals surface area contributed by atoms with Crippen LogP contribution in [0.4, 0.5) is 0 Å². The Morgan fingerprint density at radius 2 is 1.94 bits per heavy atom. The predicted octanol–water partition coefficient (Wildman–Crippen LogP) is 3.06. The van der Waals surface area contributed by atoms with Crippen molar-refractivity contribution in [1.29, 1.82) is 0 Å². The molecule has 0 amide bonds. The third-order valence-corrected chi connectivity index (χ3v) is 3.25. The molecule has 0 bridgehead atoms. The summed E-state index contributed by atoms with van der Waals surface area (Å²) in [6.45, 7) is 0. The first kappa shape index (κ1) is 9.73. The van der Waals surface area contributed by atoms with E-state index >= 15 is 0 Å². The largest absolute Gasteiger partial charge is 0.360 e. The topological polar surface area (TPSA) is 15.3 Å². The molecule has 3 heteroatoms. The molecule has 1 N–H and O–H groups in total. The Kier molecular flexibility index (Phi) is 2.33. The van der Waals surface area contributed by atoms with Crippen molar-refractivity contribution < 1.29 is 0 Å². The molecule has 2 aliphatic heterocycles. The second kappa shape index (κ2) is 3.83. The zero-order chi connectivity index (χ0) is 11.0. The summed E-state index contributed by atoms with van der Waals surface area (Å²) in [6.07, 6.45) is 10.7. The van der Waals surface area contributed by atoms with Crippen LogP contribution in [-0.2, 0) is 0 Å². The second-order valence-corrected chi connectivity index (χ2v) is 4.73. The van der Waals surface area contributed by atoms with Crippen LogP contribution < -0.4 is 5.32 Å². The molecule has 2 heterocycles. The third kappa shape index (κ3) is 1.67. The highest BCUT2D eigenvalue weighted by molar-refractivity contribution is 9.10. The number of benzene rings is 1. The van der Waals surface area contributed by atoms with E-state index < -0.39 is 0 Å². The van der Waals surface area contributed by atoms with Gasteiger partial charge >= 0.3 is 0 Å². The molecule has 1 aromatic rings. The maximum Gasteiger partial charge on any atom is 0.122 e. The first-order valence-corrected chi connectivity index (χ1v) is 5.99. The maximum atomic E-state index is 3.46. The number of allylic oxidation sites excluding steroid dienone is 2. The molecular weight excluding hydrogens is 264 g/mol. The van der Waals surface area contributed by atoms with Crippen molar-refractivity contribution >= 4 is 21.6 Å². The highest BCUT2D eigenvalue weighted by Crippen LogP contribution is 2.24. The summed E-state index contributed by atoms with van der Waals surface area (Å²) in [7, 11) is 0. The maximum absolute atomic E-state index is 3.46. The quantitative estimate of drug-likeness (QED) is 0.847. The normalized spacial score (nSPS) is 21.7. The van der Waals surface area contributed by atoms with Crippen molar-refractivity contribution in [2.24, 2.45) is 0 Å². The van der Waals surface area contributed by atoms with Gasteiger partial charge in [0.15, 0.2) is 0 Å². The van der Waals surface area contributed by atoms with Gasteiger partial charge in [0.25, 0.3) is 0 Å². The van der Waals surface area contributed by atoms with Crippen LogP contribution in [0.3, 0.4) is 0 Å². The predicted molar refractivity (Wildman–Crippen MR) is 69.2 cm³/mol. The zero-order valence-corrected chi connectivity index (χ0v) is 10.2. The Morgan fingerprint density at radius 3 is 2.69 bits per heavy atom. The molecule has 0 radical (unpaired) electrons. The second-order valence-electron chi connectivity index (χ2n) is 3.81. The van der Waals surface area contributed by atoms with Gasteiger partial charge in [-0.2, -0.15) is 0 Å². The number of fused-ring (bicyclic) bond motifs is 1. The number of nitrogens with one attached hydrogen (secondary N) is 1. The van der Waals surface area contributed by atoms with Gasteiger partial charge in [0.2, 0.25) is 0 Å². The van der Waals surface area contributed by atoms with Crippen molar-refractivity contribution in [2.75, 3.05) is 0 Å². The van der Waals surface area contributed by atoms with Crippen molar-refractivity contribution in [3.63, 3.8) is 0 Å². The molecule has 0 aromatic heterocycles. The Morgan fingerprint density at radius 1 is 1.12 bits per heavy atom. The lowest BCUT2D eigenvalue weighted by Crippen LogP contribution is -2.31. The Balaban J connectivity index is 1.90. The fraction of sp³-hybridized carbons (Fsp3) is 0.0769. The van der Waals surface area contributed by atoms with E-state index in [0.717, 1.165) is 10.2 Å². The molecule has 0 aliphatic carbocycles. The summed E-state index contributed by atoms with van der Waals surface area (Å²) >= 11 is 3.44. The molecule has 0 spiro atoms. The van der Waals surface area contributed by atoms with Gasteiger partial charge in [0, 0.05) is 16.9 Å². The fourth-order valence-corrected chi connectivity index (χ4v) is 2.15. The fourth-order valence-electron chi connectivity index (χ4n) is 1.89. The third-order valence-electron chi connectivity index (χ3n) is 2.72. The minimum absolute atomic E-state index is 0.267. The molecule has 1 atom stereocenters. The zero-order valence-electron chi connectivity index (χ0n) is 8.60. The van der Waals surface area contributed by atoms with E-state index in [-0.39, 0.29) is 6.17 Å². The molecule has 0 saturated carbocycles. The van der Waals surface area contributed by atoms with Crippen molar-refractivity contribution in [3.8, 4) is 0 Å². The van der Waals surface area contributed by atoms with Crippen LogP contribution in [0, 0.1) is 0 Å². The summed E-state index contributed by atoms with van der Waals surface area (Å²) in [5.41, 5.74) is 2.37. The highest BCUT2D eigenvalue weighted by Gasteiger charge is 2.21. The lowest BCUT2D eigenvalue weighted by Gasteiger charge is -2.20.